The maximum atomic E-state index is 5.37. The number of methoxy groups -OCH3 is 1. The molecule has 0 unspecified atom stereocenters. The van der Waals surface area contributed by atoms with Crippen molar-refractivity contribution in [2.45, 2.75) is 0 Å². The van der Waals surface area contributed by atoms with Crippen LogP contribution < -0.4 is 9.80 Å². The molecular weight excluding hydrogens is 256 g/mol. The van der Waals surface area contributed by atoms with Gasteiger partial charge in [0.1, 0.15) is 18.0 Å². The molecule has 0 bridgehead atoms. The topological polar surface area (TPSA) is 50.7 Å². The molecule has 6 heteroatoms. The van der Waals surface area contributed by atoms with E-state index >= 15 is 0 Å². The summed E-state index contributed by atoms with van der Waals surface area (Å²) in [5.74, 6) is 1.85. The fourth-order valence-corrected chi connectivity index (χ4v) is 2.13. The number of morpholine rings is 1. The molecule has 0 saturated carbocycles. The van der Waals surface area contributed by atoms with Crippen molar-refractivity contribution in [3.63, 3.8) is 0 Å². The third-order valence-corrected chi connectivity index (χ3v) is 3.21. The van der Waals surface area contributed by atoms with Crippen molar-refractivity contribution >= 4 is 11.6 Å². The van der Waals surface area contributed by atoms with E-state index in [2.05, 4.69) is 26.3 Å². The smallest absolute Gasteiger partial charge is 0.134 e. The molecule has 0 aromatic carbocycles. The van der Waals surface area contributed by atoms with Crippen molar-refractivity contribution in [2.24, 2.45) is 0 Å². The first kappa shape index (κ1) is 14.7. The average Bonchev–Trinajstić information content (AvgIpc) is 2.52. The maximum absolute atomic E-state index is 5.37. The summed E-state index contributed by atoms with van der Waals surface area (Å²) in [6.07, 6.45) is 3.48. The lowest BCUT2D eigenvalue weighted by Gasteiger charge is -2.29. The summed E-state index contributed by atoms with van der Waals surface area (Å²) in [7, 11) is 1.70. The van der Waals surface area contributed by atoms with Gasteiger partial charge in [-0.15, -0.1) is 6.58 Å². The van der Waals surface area contributed by atoms with Crippen molar-refractivity contribution < 1.29 is 9.47 Å². The molecule has 1 aliphatic heterocycles. The second-order valence-corrected chi connectivity index (χ2v) is 4.56. The van der Waals surface area contributed by atoms with Gasteiger partial charge in [-0.1, -0.05) is 6.08 Å². The quantitative estimate of drug-likeness (QED) is 0.692. The van der Waals surface area contributed by atoms with Crippen LogP contribution in [-0.2, 0) is 9.47 Å². The Labute approximate surface area is 120 Å². The van der Waals surface area contributed by atoms with Crippen LogP contribution in [0.25, 0.3) is 0 Å². The second kappa shape index (κ2) is 7.81. The minimum atomic E-state index is 0.657. The van der Waals surface area contributed by atoms with Gasteiger partial charge < -0.3 is 19.3 Å². The van der Waals surface area contributed by atoms with Crippen molar-refractivity contribution in [1.29, 1.82) is 0 Å². The predicted octanol–water partition coefficient (Wildman–Crippen LogP) is 0.952. The van der Waals surface area contributed by atoms with Crippen LogP contribution in [0.2, 0.25) is 0 Å². The first-order valence-corrected chi connectivity index (χ1v) is 6.84. The van der Waals surface area contributed by atoms with Crippen molar-refractivity contribution in [3.05, 3.63) is 25.0 Å². The summed E-state index contributed by atoms with van der Waals surface area (Å²) >= 11 is 0. The Hall–Kier alpha value is -1.66. The lowest BCUT2D eigenvalue weighted by molar-refractivity contribution is 0.122. The molecule has 2 heterocycles. The lowest BCUT2D eigenvalue weighted by atomic mass is 10.3. The van der Waals surface area contributed by atoms with Crippen LogP contribution in [0.3, 0.4) is 0 Å². The van der Waals surface area contributed by atoms with E-state index in [0.29, 0.717) is 6.61 Å². The molecule has 0 radical (unpaired) electrons. The largest absolute Gasteiger partial charge is 0.383 e. The Morgan fingerprint density at radius 3 is 2.95 bits per heavy atom. The Kier molecular flexibility index (Phi) is 5.76. The molecule has 0 N–H and O–H groups in total. The van der Waals surface area contributed by atoms with Gasteiger partial charge in [-0.2, -0.15) is 0 Å². The Morgan fingerprint density at radius 2 is 2.25 bits per heavy atom. The molecule has 2 rings (SSSR count). The van der Waals surface area contributed by atoms with E-state index < -0.39 is 0 Å². The lowest BCUT2D eigenvalue weighted by Crippen LogP contribution is -2.37. The highest BCUT2D eigenvalue weighted by molar-refractivity contribution is 5.50. The summed E-state index contributed by atoms with van der Waals surface area (Å²) < 4.78 is 10.5. The molecule has 20 heavy (non-hydrogen) atoms. The Balaban J connectivity index is 2.11. The zero-order valence-electron chi connectivity index (χ0n) is 12.0. The monoisotopic (exact) mass is 278 g/mol. The van der Waals surface area contributed by atoms with Crippen LogP contribution in [0.15, 0.2) is 25.0 Å². The highest BCUT2D eigenvalue weighted by Gasteiger charge is 2.14. The van der Waals surface area contributed by atoms with E-state index in [1.54, 1.807) is 13.4 Å². The summed E-state index contributed by atoms with van der Waals surface area (Å²) in [6, 6.07) is 2.02. The van der Waals surface area contributed by atoms with Gasteiger partial charge in [0.25, 0.3) is 0 Å². The molecular formula is C14H22N4O2. The van der Waals surface area contributed by atoms with Crippen LogP contribution in [-0.4, -0.2) is 63.1 Å². The third kappa shape index (κ3) is 3.91. The van der Waals surface area contributed by atoms with E-state index in [9.17, 15) is 0 Å². The summed E-state index contributed by atoms with van der Waals surface area (Å²) in [5, 5.41) is 0. The summed E-state index contributed by atoms with van der Waals surface area (Å²) in [4.78, 5) is 13.1. The number of anilines is 2. The van der Waals surface area contributed by atoms with E-state index in [1.807, 2.05) is 12.1 Å². The van der Waals surface area contributed by atoms with Crippen molar-refractivity contribution in [3.8, 4) is 0 Å². The minimum Gasteiger partial charge on any atom is -0.383 e. The molecule has 1 fully saturated rings. The molecule has 0 atom stereocenters. The highest BCUT2D eigenvalue weighted by Crippen LogP contribution is 2.18. The van der Waals surface area contributed by atoms with Crippen molar-refractivity contribution in [2.75, 3.05) is 62.9 Å². The number of aromatic nitrogens is 2. The maximum Gasteiger partial charge on any atom is 0.134 e. The standard InChI is InChI=1S/C14H22N4O2/c1-3-4-17(5-8-19-2)13-11-14(16-12-15-13)18-6-9-20-10-7-18/h3,11-12H,1,4-10H2,2H3. The van der Waals surface area contributed by atoms with Crippen LogP contribution >= 0.6 is 0 Å². The van der Waals surface area contributed by atoms with E-state index in [0.717, 1.165) is 51.0 Å². The van der Waals surface area contributed by atoms with E-state index in [1.165, 1.54) is 0 Å². The third-order valence-electron chi connectivity index (χ3n) is 3.21. The molecule has 1 aromatic heterocycles. The fourth-order valence-electron chi connectivity index (χ4n) is 2.13. The van der Waals surface area contributed by atoms with Gasteiger partial charge in [0.05, 0.1) is 19.8 Å². The molecule has 6 nitrogen and oxygen atoms in total. The van der Waals surface area contributed by atoms with Gasteiger partial charge in [0.15, 0.2) is 0 Å². The molecule has 1 aliphatic rings. The number of hydrogen-bond acceptors (Lipinski definition) is 6. The van der Waals surface area contributed by atoms with Gasteiger partial charge in [0.2, 0.25) is 0 Å². The van der Waals surface area contributed by atoms with E-state index in [-0.39, 0.29) is 0 Å². The predicted molar refractivity (Wildman–Crippen MR) is 79.4 cm³/mol. The molecule has 0 aliphatic carbocycles. The number of rotatable bonds is 7. The number of nitrogens with zero attached hydrogens (tertiary/aromatic N) is 4. The normalized spacial score (nSPS) is 15.2. The number of ether oxygens (including phenoxy) is 2. The van der Waals surface area contributed by atoms with Crippen LogP contribution in [0.5, 0.6) is 0 Å². The first-order chi connectivity index (χ1) is 9.85. The molecule has 0 spiro atoms. The Bertz CT molecular complexity index is 421. The van der Waals surface area contributed by atoms with Crippen LogP contribution in [0.4, 0.5) is 11.6 Å². The van der Waals surface area contributed by atoms with E-state index in [4.69, 9.17) is 9.47 Å². The van der Waals surface area contributed by atoms with Crippen LogP contribution in [0, 0.1) is 0 Å². The molecule has 1 aromatic rings. The summed E-state index contributed by atoms with van der Waals surface area (Å²) in [5.41, 5.74) is 0. The second-order valence-electron chi connectivity index (χ2n) is 4.56. The van der Waals surface area contributed by atoms with Gasteiger partial charge in [-0.05, 0) is 0 Å². The fraction of sp³-hybridized carbons (Fsp3) is 0.571. The zero-order chi connectivity index (χ0) is 14.2. The molecule has 110 valence electrons. The van der Waals surface area contributed by atoms with Gasteiger partial charge in [-0.25, -0.2) is 9.97 Å². The highest BCUT2D eigenvalue weighted by atomic mass is 16.5. The zero-order valence-corrected chi connectivity index (χ0v) is 12.0. The SMILES string of the molecule is C=CCN(CCOC)c1cc(N2CCOCC2)ncn1. The first-order valence-electron chi connectivity index (χ1n) is 6.84. The average molecular weight is 278 g/mol. The molecule has 1 saturated heterocycles. The van der Waals surface area contributed by atoms with Gasteiger partial charge in [-0.3, -0.25) is 0 Å². The Morgan fingerprint density at radius 1 is 1.45 bits per heavy atom. The summed E-state index contributed by atoms with van der Waals surface area (Å²) in [6.45, 7) is 9.21. The van der Waals surface area contributed by atoms with Crippen LogP contribution in [0.1, 0.15) is 0 Å². The van der Waals surface area contributed by atoms with Crippen molar-refractivity contribution in [1.82, 2.24) is 9.97 Å². The number of hydrogen-bond donors (Lipinski definition) is 0. The van der Waals surface area contributed by atoms with Gasteiger partial charge in [0, 0.05) is 39.4 Å². The van der Waals surface area contributed by atoms with Gasteiger partial charge >= 0.3 is 0 Å². The molecule has 0 amide bonds. The minimum absolute atomic E-state index is 0.657.